The molecule has 3 nitrogen and oxygen atoms in total. The van der Waals surface area contributed by atoms with E-state index in [1.165, 1.54) is 5.69 Å². The molecule has 1 saturated heterocycles. The summed E-state index contributed by atoms with van der Waals surface area (Å²) in [5, 5.41) is 12.3. The Bertz CT molecular complexity index is 427. The van der Waals surface area contributed by atoms with E-state index in [0.29, 0.717) is 12.5 Å². The van der Waals surface area contributed by atoms with Gasteiger partial charge in [0.2, 0.25) is 0 Å². The number of hydrogen-bond donors (Lipinski definition) is 1. The van der Waals surface area contributed by atoms with Gasteiger partial charge in [0.1, 0.15) is 0 Å². The van der Waals surface area contributed by atoms with Crippen LogP contribution in [0.3, 0.4) is 0 Å². The molecule has 2 atom stereocenters. The van der Waals surface area contributed by atoms with E-state index >= 15 is 0 Å². The maximum atomic E-state index is 8.92. The molecule has 0 amide bonds. The van der Waals surface area contributed by atoms with E-state index in [0.717, 1.165) is 17.6 Å². The second kappa shape index (κ2) is 5.52. The van der Waals surface area contributed by atoms with Crippen LogP contribution in [0.15, 0.2) is 28.7 Å². The fourth-order valence-electron chi connectivity index (χ4n) is 2.39. The lowest BCUT2D eigenvalue weighted by Crippen LogP contribution is -2.56. The van der Waals surface area contributed by atoms with Crippen molar-refractivity contribution < 1.29 is 0 Å². The first-order valence-corrected chi connectivity index (χ1v) is 6.64. The average molecular weight is 294 g/mol. The van der Waals surface area contributed by atoms with Crippen LogP contribution in [0, 0.1) is 11.3 Å². The van der Waals surface area contributed by atoms with Crippen molar-refractivity contribution >= 4 is 21.6 Å². The van der Waals surface area contributed by atoms with Crippen molar-refractivity contribution in [2.45, 2.75) is 25.4 Å². The van der Waals surface area contributed by atoms with Crippen molar-refractivity contribution in [2.75, 3.05) is 18.0 Å². The Balaban J connectivity index is 2.32. The lowest BCUT2D eigenvalue weighted by Gasteiger charge is -2.42. The summed E-state index contributed by atoms with van der Waals surface area (Å²) in [6, 6.07) is 11.1. The Morgan fingerprint density at radius 2 is 2.24 bits per heavy atom. The molecule has 1 aromatic rings. The van der Waals surface area contributed by atoms with Crippen molar-refractivity contribution in [3.8, 4) is 6.07 Å². The molecule has 0 aromatic heterocycles. The summed E-state index contributed by atoms with van der Waals surface area (Å²) in [7, 11) is 0. The van der Waals surface area contributed by atoms with Crippen LogP contribution in [0.4, 0.5) is 5.69 Å². The number of nitrogens with one attached hydrogen (secondary N) is 1. The largest absolute Gasteiger partial charge is 0.361 e. The molecule has 90 valence electrons. The third-order valence-electron chi connectivity index (χ3n) is 3.15. The summed E-state index contributed by atoms with van der Waals surface area (Å²) in [4.78, 5) is 2.35. The van der Waals surface area contributed by atoms with Crippen molar-refractivity contribution in [3.05, 3.63) is 28.7 Å². The van der Waals surface area contributed by atoms with Crippen LogP contribution in [0.5, 0.6) is 0 Å². The molecule has 1 aliphatic heterocycles. The Morgan fingerprint density at radius 3 is 2.94 bits per heavy atom. The number of nitriles is 1. The number of nitrogens with zero attached hydrogens (tertiary/aromatic N) is 2. The SMILES string of the molecule is CC1CNCC(CC#N)N1c1ccccc1Br. The topological polar surface area (TPSA) is 39.1 Å². The minimum absolute atomic E-state index is 0.252. The maximum Gasteiger partial charge on any atom is 0.0643 e. The number of benzene rings is 1. The van der Waals surface area contributed by atoms with Gasteiger partial charge in [0, 0.05) is 23.6 Å². The van der Waals surface area contributed by atoms with E-state index in [4.69, 9.17) is 5.26 Å². The van der Waals surface area contributed by atoms with Gasteiger partial charge in [-0.1, -0.05) is 12.1 Å². The van der Waals surface area contributed by atoms with Gasteiger partial charge < -0.3 is 10.2 Å². The molecule has 4 heteroatoms. The van der Waals surface area contributed by atoms with Gasteiger partial charge in [0.05, 0.1) is 24.2 Å². The standard InChI is InChI=1S/C13H16BrN3/c1-10-8-16-9-11(6-7-15)17(10)13-5-3-2-4-12(13)14/h2-5,10-11,16H,6,8-9H2,1H3. The molecule has 0 bridgehead atoms. The Kier molecular flexibility index (Phi) is 4.03. The number of para-hydroxylation sites is 1. The van der Waals surface area contributed by atoms with Crippen LogP contribution in [-0.2, 0) is 0 Å². The highest BCUT2D eigenvalue weighted by molar-refractivity contribution is 9.10. The first kappa shape index (κ1) is 12.4. The number of halogens is 1. The van der Waals surface area contributed by atoms with Crippen LogP contribution in [0.2, 0.25) is 0 Å². The normalized spacial score (nSPS) is 24.4. The van der Waals surface area contributed by atoms with E-state index in [1.807, 2.05) is 18.2 Å². The smallest absolute Gasteiger partial charge is 0.0643 e. The van der Waals surface area contributed by atoms with Gasteiger partial charge in [-0.2, -0.15) is 5.26 Å². The van der Waals surface area contributed by atoms with Gasteiger partial charge in [0.25, 0.3) is 0 Å². The van der Waals surface area contributed by atoms with Crippen molar-refractivity contribution in [1.82, 2.24) is 5.32 Å². The molecule has 0 aliphatic carbocycles. The fourth-order valence-corrected chi connectivity index (χ4v) is 2.88. The van der Waals surface area contributed by atoms with Crippen LogP contribution >= 0.6 is 15.9 Å². The minimum Gasteiger partial charge on any atom is -0.361 e. The minimum atomic E-state index is 0.252. The molecule has 1 aliphatic rings. The third-order valence-corrected chi connectivity index (χ3v) is 3.82. The van der Waals surface area contributed by atoms with Crippen molar-refractivity contribution in [2.24, 2.45) is 0 Å². The highest BCUT2D eigenvalue weighted by Crippen LogP contribution is 2.30. The summed E-state index contributed by atoms with van der Waals surface area (Å²) >= 11 is 3.59. The second-order valence-corrected chi connectivity index (χ2v) is 5.24. The molecule has 0 saturated carbocycles. The van der Waals surface area contributed by atoms with Crippen LogP contribution in [-0.4, -0.2) is 25.2 Å². The second-order valence-electron chi connectivity index (χ2n) is 4.38. The van der Waals surface area contributed by atoms with E-state index in [9.17, 15) is 0 Å². The third kappa shape index (κ3) is 2.62. The zero-order chi connectivity index (χ0) is 12.3. The quantitative estimate of drug-likeness (QED) is 0.911. The Labute approximate surface area is 111 Å². The van der Waals surface area contributed by atoms with Crippen molar-refractivity contribution in [3.63, 3.8) is 0 Å². The lowest BCUT2D eigenvalue weighted by molar-refractivity contribution is 0.417. The van der Waals surface area contributed by atoms with E-state index in [1.54, 1.807) is 0 Å². The molecule has 2 unspecified atom stereocenters. The first-order valence-electron chi connectivity index (χ1n) is 5.84. The van der Waals surface area contributed by atoms with Gasteiger partial charge in [0.15, 0.2) is 0 Å². The molecule has 1 fully saturated rings. The molecule has 1 N–H and O–H groups in total. The highest BCUT2D eigenvalue weighted by atomic mass is 79.9. The highest BCUT2D eigenvalue weighted by Gasteiger charge is 2.28. The van der Waals surface area contributed by atoms with Gasteiger partial charge >= 0.3 is 0 Å². The summed E-state index contributed by atoms with van der Waals surface area (Å²) in [5.41, 5.74) is 1.18. The molecular weight excluding hydrogens is 278 g/mol. The van der Waals surface area contributed by atoms with Gasteiger partial charge in [-0.25, -0.2) is 0 Å². The number of anilines is 1. The van der Waals surface area contributed by atoms with Crippen molar-refractivity contribution in [1.29, 1.82) is 5.26 Å². The van der Waals surface area contributed by atoms with Gasteiger partial charge in [-0.05, 0) is 35.0 Å². The van der Waals surface area contributed by atoms with E-state index in [2.05, 4.69) is 45.2 Å². The maximum absolute atomic E-state index is 8.92. The monoisotopic (exact) mass is 293 g/mol. The summed E-state index contributed by atoms with van der Waals surface area (Å²) in [6.07, 6.45) is 0.554. The fraction of sp³-hybridized carbons (Fsp3) is 0.462. The molecular formula is C13H16BrN3. The summed E-state index contributed by atoms with van der Waals surface area (Å²) in [6.45, 7) is 4.03. The molecule has 2 rings (SSSR count). The molecule has 0 radical (unpaired) electrons. The molecule has 1 aromatic carbocycles. The summed E-state index contributed by atoms with van der Waals surface area (Å²) in [5.74, 6) is 0. The lowest BCUT2D eigenvalue weighted by atomic mass is 10.0. The Morgan fingerprint density at radius 1 is 1.47 bits per heavy atom. The van der Waals surface area contributed by atoms with Crippen LogP contribution < -0.4 is 10.2 Å². The van der Waals surface area contributed by atoms with E-state index < -0.39 is 0 Å². The zero-order valence-electron chi connectivity index (χ0n) is 9.86. The Hall–Kier alpha value is -1.05. The number of piperazine rings is 1. The van der Waals surface area contributed by atoms with E-state index in [-0.39, 0.29) is 6.04 Å². The zero-order valence-corrected chi connectivity index (χ0v) is 11.4. The molecule has 0 spiro atoms. The first-order chi connectivity index (χ1) is 8.24. The van der Waals surface area contributed by atoms with Crippen LogP contribution in [0.25, 0.3) is 0 Å². The van der Waals surface area contributed by atoms with Gasteiger partial charge in [-0.15, -0.1) is 0 Å². The predicted molar refractivity (Wildman–Crippen MR) is 73.0 cm³/mol. The number of rotatable bonds is 2. The average Bonchev–Trinajstić information content (AvgIpc) is 2.31. The predicted octanol–water partition coefficient (Wildman–Crippen LogP) is 2.53. The molecule has 17 heavy (non-hydrogen) atoms. The van der Waals surface area contributed by atoms with Crippen LogP contribution in [0.1, 0.15) is 13.3 Å². The summed E-state index contributed by atoms with van der Waals surface area (Å²) < 4.78 is 1.09. The number of hydrogen-bond acceptors (Lipinski definition) is 3. The molecule has 1 heterocycles. The van der Waals surface area contributed by atoms with Gasteiger partial charge in [-0.3, -0.25) is 0 Å².